The Morgan fingerprint density at radius 2 is 2.10 bits per heavy atom. The number of ether oxygens (including phenoxy) is 2. The zero-order valence-corrected chi connectivity index (χ0v) is 11.9. The van der Waals surface area contributed by atoms with Crippen LogP contribution in [0.25, 0.3) is 11.2 Å². The molecule has 20 heavy (non-hydrogen) atoms. The highest BCUT2D eigenvalue weighted by molar-refractivity contribution is 5.75. The lowest BCUT2D eigenvalue weighted by molar-refractivity contribution is 0.0521. The predicted molar refractivity (Wildman–Crippen MR) is 76.7 cm³/mol. The molecule has 2 aromatic rings. The fraction of sp³-hybridized carbons (Fsp3) is 0.571. The molecule has 108 valence electrons. The van der Waals surface area contributed by atoms with Crippen LogP contribution in [0.2, 0.25) is 0 Å². The third-order valence-corrected chi connectivity index (χ3v) is 4.10. The van der Waals surface area contributed by atoms with Gasteiger partial charge >= 0.3 is 0 Å². The number of pyridine rings is 1. The molecule has 1 aliphatic rings. The van der Waals surface area contributed by atoms with E-state index in [9.17, 15) is 0 Å². The lowest BCUT2D eigenvalue weighted by atomic mass is 9.93. The Kier molecular flexibility index (Phi) is 3.48. The first-order valence-electron chi connectivity index (χ1n) is 6.97. The number of nitrogens with zero attached hydrogens (tertiary/aromatic N) is 3. The van der Waals surface area contributed by atoms with Crippen molar-refractivity contribution in [2.24, 2.45) is 5.92 Å². The second-order valence-corrected chi connectivity index (χ2v) is 5.23. The van der Waals surface area contributed by atoms with Gasteiger partial charge in [-0.3, -0.25) is 4.57 Å². The summed E-state index contributed by atoms with van der Waals surface area (Å²) in [6.07, 6.45) is 2.09. The van der Waals surface area contributed by atoms with E-state index in [2.05, 4.69) is 16.9 Å². The van der Waals surface area contributed by atoms with E-state index >= 15 is 0 Å². The van der Waals surface area contributed by atoms with Crippen molar-refractivity contribution in [3.8, 4) is 5.88 Å². The summed E-state index contributed by atoms with van der Waals surface area (Å²) < 4.78 is 12.7. The molecular formula is C14H20N4O2. The molecule has 0 aromatic carbocycles. The van der Waals surface area contributed by atoms with Crippen molar-refractivity contribution in [2.75, 3.05) is 26.1 Å². The van der Waals surface area contributed by atoms with E-state index in [1.165, 1.54) is 0 Å². The molecule has 3 rings (SSSR count). The van der Waals surface area contributed by atoms with Crippen molar-refractivity contribution >= 4 is 17.1 Å². The molecule has 0 saturated carbocycles. The summed E-state index contributed by atoms with van der Waals surface area (Å²) in [5.74, 6) is 1.63. The van der Waals surface area contributed by atoms with Crippen molar-refractivity contribution in [2.45, 2.75) is 25.8 Å². The number of aromatic nitrogens is 3. The van der Waals surface area contributed by atoms with Crippen molar-refractivity contribution in [3.63, 3.8) is 0 Å². The molecular weight excluding hydrogens is 256 g/mol. The van der Waals surface area contributed by atoms with Crippen LogP contribution in [0.4, 0.5) is 5.95 Å². The standard InChI is InChI=1S/C14H20N4O2/c1-9(10-5-7-20-8-6-10)18-13-11(16-14(18)15)3-4-12(17-13)19-2/h3-4,9-10H,5-8H2,1-2H3,(H2,15,16). The van der Waals surface area contributed by atoms with Gasteiger partial charge < -0.3 is 15.2 Å². The van der Waals surface area contributed by atoms with Crippen LogP contribution in [0.1, 0.15) is 25.8 Å². The van der Waals surface area contributed by atoms with Crippen LogP contribution in [0.3, 0.4) is 0 Å². The Morgan fingerprint density at radius 3 is 2.80 bits per heavy atom. The molecule has 0 radical (unpaired) electrons. The van der Waals surface area contributed by atoms with Gasteiger partial charge in [0.1, 0.15) is 5.52 Å². The van der Waals surface area contributed by atoms with Gasteiger partial charge in [0.15, 0.2) is 5.65 Å². The molecule has 2 aromatic heterocycles. The lowest BCUT2D eigenvalue weighted by Crippen LogP contribution is -2.25. The van der Waals surface area contributed by atoms with E-state index in [1.54, 1.807) is 13.2 Å². The molecule has 2 N–H and O–H groups in total. The largest absolute Gasteiger partial charge is 0.481 e. The number of hydrogen-bond donors (Lipinski definition) is 1. The van der Waals surface area contributed by atoms with E-state index in [1.807, 2.05) is 10.6 Å². The van der Waals surface area contributed by atoms with E-state index in [-0.39, 0.29) is 6.04 Å². The zero-order valence-electron chi connectivity index (χ0n) is 11.9. The van der Waals surface area contributed by atoms with Crippen molar-refractivity contribution in [3.05, 3.63) is 12.1 Å². The molecule has 0 bridgehead atoms. The van der Waals surface area contributed by atoms with Gasteiger partial charge in [-0.2, -0.15) is 4.98 Å². The van der Waals surface area contributed by atoms with Gasteiger partial charge in [0.05, 0.1) is 7.11 Å². The molecule has 1 fully saturated rings. The number of nitrogens with two attached hydrogens (primary N) is 1. The predicted octanol–water partition coefficient (Wildman–Crippen LogP) is 2.01. The molecule has 3 heterocycles. The highest BCUT2D eigenvalue weighted by atomic mass is 16.5. The fourth-order valence-electron chi connectivity index (χ4n) is 2.90. The second kappa shape index (κ2) is 5.28. The summed E-state index contributed by atoms with van der Waals surface area (Å²) in [5.41, 5.74) is 7.69. The topological polar surface area (TPSA) is 75.2 Å². The quantitative estimate of drug-likeness (QED) is 0.928. The fourth-order valence-corrected chi connectivity index (χ4v) is 2.90. The maximum Gasteiger partial charge on any atom is 0.215 e. The van der Waals surface area contributed by atoms with Crippen molar-refractivity contribution < 1.29 is 9.47 Å². The molecule has 0 amide bonds. The van der Waals surface area contributed by atoms with Crippen LogP contribution in [-0.4, -0.2) is 34.9 Å². The highest BCUT2D eigenvalue weighted by Crippen LogP contribution is 2.32. The molecule has 0 aliphatic carbocycles. The van der Waals surface area contributed by atoms with Gasteiger partial charge in [-0.15, -0.1) is 0 Å². The Balaban J connectivity index is 2.02. The Labute approximate surface area is 117 Å². The normalized spacial score (nSPS) is 18.3. The number of fused-ring (bicyclic) bond motifs is 1. The number of nitrogen functional groups attached to an aromatic ring is 1. The maximum absolute atomic E-state index is 6.09. The molecule has 6 heteroatoms. The van der Waals surface area contributed by atoms with Crippen molar-refractivity contribution in [1.29, 1.82) is 0 Å². The first-order chi connectivity index (χ1) is 9.70. The number of methoxy groups -OCH3 is 1. The summed E-state index contributed by atoms with van der Waals surface area (Å²) in [4.78, 5) is 8.89. The van der Waals surface area contributed by atoms with Crippen LogP contribution < -0.4 is 10.5 Å². The Morgan fingerprint density at radius 1 is 1.35 bits per heavy atom. The molecule has 0 spiro atoms. The molecule has 6 nitrogen and oxygen atoms in total. The summed E-state index contributed by atoms with van der Waals surface area (Å²) >= 11 is 0. The first-order valence-corrected chi connectivity index (χ1v) is 6.97. The van der Waals surface area contributed by atoms with Gasteiger partial charge in [-0.25, -0.2) is 4.98 Å². The van der Waals surface area contributed by atoms with Gasteiger partial charge in [0.2, 0.25) is 11.8 Å². The Hall–Kier alpha value is -1.82. The number of anilines is 1. The van der Waals surface area contributed by atoms with E-state index in [0.717, 1.165) is 37.2 Å². The van der Waals surface area contributed by atoms with Crippen LogP contribution in [0.15, 0.2) is 12.1 Å². The lowest BCUT2D eigenvalue weighted by Gasteiger charge is -2.29. The number of hydrogen-bond acceptors (Lipinski definition) is 5. The zero-order chi connectivity index (χ0) is 14.1. The van der Waals surface area contributed by atoms with Gasteiger partial charge in [-0.1, -0.05) is 0 Å². The minimum absolute atomic E-state index is 0.253. The first kappa shape index (κ1) is 13.2. The van der Waals surface area contributed by atoms with E-state index < -0.39 is 0 Å². The summed E-state index contributed by atoms with van der Waals surface area (Å²) in [6, 6.07) is 3.95. The molecule has 1 atom stereocenters. The Bertz CT molecular complexity index is 604. The second-order valence-electron chi connectivity index (χ2n) is 5.23. The van der Waals surface area contributed by atoms with Gasteiger partial charge in [-0.05, 0) is 31.7 Å². The van der Waals surface area contributed by atoms with Crippen LogP contribution in [0.5, 0.6) is 5.88 Å². The molecule has 1 unspecified atom stereocenters. The molecule has 1 saturated heterocycles. The van der Waals surface area contributed by atoms with Crippen LogP contribution in [0, 0.1) is 5.92 Å². The molecule has 1 aliphatic heterocycles. The van der Waals surface area contributed by atoms with Crippen molar-refractivity contribution in [1.82, 2.24) is 14.5 Å². The average Bonchev–Trinajstić information content (AvgIpc) is 2.82. The smallest absolute Gasteiger partial charge is 0.215 e. The van der Waals surface area contributed by atoms with Gasteiger partial charge in [0.25, 0.3) is 0 Å². The van der Waals surface area contributed by atoms with E-state index in [4.69, 9.17) is 15.2 Å². The average molecular weight is 276 g/mol. The highest BCUT2D eigenvalue weighted by Gasteiger charge is 2.25. The minimum Gasteiger partial charge on any atom is -0.481 e. The summed E-state index contributed by atoms with van der Waals surface area (Å²) in [7, 11) is 1.61. The third-order valence-electron chi connectivity index (χ3n) is 4.10. The summed E-state index contributed by atoms with van der Waals surface area (Å²) in [6.45, 7) is 3.81. The number of rotatable bonds is 3. The van der Waals surface area contributed by atoms with Gasteiger partial charge in [0, 0.05) is 25.3 Å². The minimum atomic E-state index is 0.253. The van der Waals surface area contributed by atoms with Crippen LogP contribution in [-0.2, 0) is 4.74 Å². The monoisotopic (exact) mass is 276 g/mol. The van der Waals surface area contributed by atoms with Crippen LogP contribution >= 0.6 is 0 Å². The summed E-state index contributed by atoms with van der Waals surface area (Å²) in [5, 5.41) is 0. The number of imidazole rings is 1. The van der Waals surface area contributed by atoms with E-state index in [0.29, 0.717) is 17.7 Å². The maximum atomic E-state index is 6.09. The third kappa shape index (κ3) is 2.20. The SMILES string of the molecule is COc1ccc2nc(N)n(C(C)C3CCOCC3)c2n1.